The monoisotopic (exact) mass is 650 g/mol. The Labute approximate surface area is 271 Å². The van der Waals surface area contributed by atoms with E-state index in [1.165, 1.54) is 46.4 Å². The summed E-state index contributed by atoms with van der Waals surface area (Å²) < 4.78 is 42.6. The normalized spacial score (nSPS) is 14.6. The lowest BCUT2D eigenvalue weighted by Crippen LogP contribution is -2.36. The maximum Gasteiger partial charge on any atom is 0.573 e. The lowest BCUT2D eigenvalue weighted by Gasteiger charge is -2.32. The number of hydrogen-bond acceptors (Lipinski definition) is 5. The highest BCUT2D eigenvalue weighted by molar-refractivity contribution is 8.14. The van der Waals surface area contributed by atoms with Crippen molar-refractivity contribution in [1.82, 2.24) is 20.1 Å². The summed E-state index contributed by atoms with van der Waals surface area (Å²) in [5, 5.41) is 8.16. The Kier molecular flexibility index (Phi) is 10.7. The van der Waals surface area contributed by atoms with Crippen LogP contribution < -0.4 is 15.0 Å². The van der Waals surface area contributed by atoms with Crippen LogP contribution >= 0.6 is 11.8 Å². The average molecular weight is 651 g/mol. The van der Waals surface area contributed by atoms with Gasteiger partial charge in [0.1, 0.15) is 12.1 Å². The van der Waals surface area contributed by atoms with Crippen molar-refractivity contribution in [2.24, 2.45) is 4.99 Å². The summed E-state index contributed by atoms with van der Waals surface area (Å²) in [6.07, 6.45) is 0.393. The maximum absolute atomic E-state index is 12.7. The van der Waals surface area contributed by atoms with Crippen molar-refractivity contribution in [2.75, 3.05) is 23.7 Å². The number of ether oxygens (including phenoxy) is 1. The van der Waals surface area contributed by atoms with Crippen LogP contribution in [0.25, 0.3) is 17.1 Å². The zero-order chi connectivity index (χ0) is 32.7. The van der Waals surface area contributed by atoms with Crippen LogP contribution in [-0.2, 0) is 6.42 Å². The summed E-state index contributed by atoms with van der Waals surface area (Å²) in [6, 6.07) is 19.6. The third kappa shape index (κ3) is 8.90. The molecule has 2 amide bonds. The summed E-state index contributed by atoms with van der Waals surface area (Å²) >= 11 is 1.63. The quantitative estimate of drug-likeness (QED) is 0.174. The largest absolute Gasteiger partial charge is 0.573 e. The van der Waals surface area contributed by atoms with Gasteiger partial charge in [-0.15, -0.1) is 18.3 Å². The van der Waals surface area contributed by atoms with E-state index in [0.29, 0.717) is 24.0 Å². The van der Waals surface area contributed by atoms with Crippen LogP contribution in [0.3, 0.4) is 0 Å². The van der Waals surface area contributed by atoms with E-state index in [0.717, 1.165) is 60.0 Å². The number of alkyl halides is 3. The van der Waals surface area contributed by atoms with Gasteiger partial charge in [-0.05, 0) is 85.5 Å². The molecule has 1 aliphatic rings. The fourth-order valence-electron chi connectivity index (χ4n) is 5.17. The topological polar surface area (TPSA) is 84.6 Å². The SMILES string of the molecule is Cc1ccc(C(C)C)c(N2CCCSC2=NC(=O)NCCCCc2ccc(-c3ncn(-c4ccc(OC(F)(F)F)cc4)n3)cc2)c1. The molecule has 1 N–H and O–H groups in total. The molecule has 0 unspecified atom stereocenters. The third-order valence-electron chi connectivity index (χ3n) is 7.49. The molecule has 1 saturated heterocycles. The number of amides is 2. The first kappa shape index (κ1) is 33.1. The number of aromatic nitrogens is 3. The zero-order valence-electron chi connectivity index (χ0n) is 26.1. The first-order valence-electron chi connectivity index (χ1n) is 15.3. The second-order valence-electron chi connectivity index (χ2n) is 11.4. The Morgan fingerprint density at radius 1 is 1.07 bits per heavy atom. The van der Waals surface area contributed by atoms with E-state index in [1.807, 2.05) is 24.3 Å². The van der Waals surface area contributed by atoms with Crippen LogP contribution in [0.15, 0.2) is 78.0 Å². The molecular weight excluding hydrogens is 613 g/mol. The van der Waals surface area contributed by atoms with Crippen LogP contribution in [-0.4, -0.2) is 51.2 Å². The molecule has 0 bridgehead atoms. The van der Waals surface area contributed by atoms with Crippen molar-refractivity contribution in [3.63, 3.8) is 0 Å². The first-order chi connectivity index (χ1) is 22.1. The molecule has 0 spiro atoms. The van der Waals surface area contributed by atoms with Gasteiger partial charge in [0.2, 0.25) is 0 Å². The van der Waals surface area contributed by atoms with Crippen molar-refractivity contribution in [2.45, 2.75) is 58.7 Å². The van der Waals surface area contributed by atoms with Gasteiger partial charge in [0, 0.05) is 30.1 Å². The van der Waals surface area contributed by atoms with Gasteiger partial charge in [-0.25, -0.2) is 14.5 Å². The zero-order valence-corrected chi connectivity index (χ0v) is 26.9. The second kappa shape index (κ2) is 14.8. The number of amidine groups is 1. The lowest BCUT2D eigenvalue weighted by molar-refractivity contribution is -0.274. The number of unbranched alkanes of at least 4 members (excludes halogenated alkanes) is 1. The fourth-order valence-corrected chi connectivity index (χ4v) is 6.12. The van der Waals surface area contributed by atoms with E-state index in [2.05, 4.69) is 69.0 Å². The molecule has 0 aliphatic carbocycles. The molecule has 1 fully saturated rings. The number of aliphatic imine (C=N–C) groups is 1. The molecule has 2 heterocycles. The highest BCUT2D eigenvalue weighted by Gasteiger charge is 2.31. The predicted octanol–water partition coefficient (Wildman–Crippen LogP) is 8.30. The Morgan fingerprint density at radius 2 is 1.83 bits per heavy atom. The molecule has 3 aromatic carbocycles. The fraction of sp³-hybridized carbons (Fsp3) is 0.353. The smallest absolute Gasteiger partial charge is 0.406 e. The highest BCUT2D eigenvalue weighted by Crippen LogP contribution is 2.33. The number of hydrogen-bond donors (Lipinski definition) is 1. The summed E-state index contributed by atoms with van der Waals surface area (Å²) in [5.74, 6) is 1.52. The van der Waals surface area contributed by atoms with E-state index >= 15 is 0 Å². The maximum atomic E-state index is 12.7. The average Bonchev–Trinajstić information content (AvgIpc) is 3.51. The summed E-state index contributed by atoms with van der Waals surface area (Å²) in [4.78, 5) is 23.7. The Bertz CT molecular complexity index is 1650. The van der Waals surface area contributed by atoms with Crippen LogP contribution in [0.2, 0.25) is 0 Å². The molecular formula is C34H37F3N6O2S. The lowest BCUT2D eigenvalue weighted by atomic mass is 9.98. The summed E-state index contributed by atoms with van der Waals surface area (Å²) in [6.45, 7) is 7.85. The van der Waals surface area contributed by atoms with Crippen molar-refractivity contribution in [3.05, 3.63) is 89.7 Å². The number of urea groups is 1. The summed E-state index contributed by atoms with van der Waals surface area (Å²) in [7, 11) is 0. The first-order valence-corrected chi connectivity index (χ1v) is 16.3. The number of anilines is 1. The number of nitrogens with one attached hydrogen (secondary N) is 1. The predicted molar refractivity (Wildman–Crippen MR) is 177 cm³/mol. The number of aryl methyl sites for hydroxylation is 2. The van der Waals surface area contributed by atoms with Crippen LogP contribution in [0.5, 0.6) is 5.75 Å². The molecule has 5 rings (SSSR count). The molecule has 0 saturated carbocycles. The van der Waals surface area contributed by atoms with Gasteiger partial charge in [-0.1, -0.05) is 62.0 Å². The molecule has 46 heavy (non-hydrogen) atoms. The number of thioether (sulfide) groups is 1. The number of rotatable bonds is 10. The minimum Gasteiger partial charge on any atom is -0.406 e. The van der Waals surface area contributed by atoms with Crippen LogP contribution in [0, 0.1) is 6.92 Å². The minimum atomic E-state index is -4.74. The highest BCUT2D eigenvalue weighted by atomic mass is 32.2. The molecule has 0 atom stereocenters. The standard InChI is InChI=1S/C34H37F3N6O2S/c1-23(2)29-17-8-24(3)21-30(29)42-19-6-20-46-33(42)40-32(44)38-18-5-4-7-25-9-11-26(12-10-25)31-39-22-43(41-31)27-13-15-28(16-14-27)45-34(35,36)37/h8-17,21-23H,4-7,18-20H2,1-3H3,(H,38,44). The molecule has 1 aromatic heterocycles. The van der Waals surface area contributed by atoms with Gasteiger partial charge in [-0.2, -0.15) is 4.99 Å². The van der Waals surface area contributed by atoms with Gasteiger partial charge < -0.3 is 15.0 Å². The van der Waals surface area contributed by atoms with Crippen molar-refractivity contribution in [1.29, 1.82) is 0 Å². The molecule has 1 aliphatic heterocycles. The van der Waals surface area contributed by atoms with Crippen LogP contribution in [0.1, 0.15) is 55.7 Å². The molecule has 242 valence electrons. The van der Waals surface area contributed by atoms with Gasteiger partial charge in [0.05, 0.1) is 5.69 Å². The second-order valence-corrected chi connectivity index (χ2v) is 12.5. The van der Waals surface area contributed by atoms with Crippen molar-refractivity contribution < 1.29 is 22.7 Å². The van der Waals surface area contributed by atoms with Crippen molar-refractivity contribution >= 4 is 28.6 Å². The van der Waals surface area contributed by atoms with Gasteiger partial charge in [0.15, 0.2) is 11.0 Å². The molecule has 8 nitrogen and oxygen atoms in total. The number of carbonyl (C=O) groups is 1. The number of carbonyl (C=O) groups excluding carboxylic acids is 1. The number of benzene rings is 3. The van der Waals surface area contributed by atoms with E-state index in [4.69, 9.17) is 0 Å². The number of halogens is 3. The Hall–Kier alpha value is -4.32. The van der Waals surface area contributed by atoms with Crippen molar-refractivity contribution in [3.8, 4) is 22.8 Å². The van der Waals surface area contributed by atoms with Crippen LogP contribution in [0.4, 0.5) is 23.7 Å². The van der Waals surface area contributed by atoms with E-state index in [1.54, 1.807) is 11.8 Å². The van der Waals surface area contributed by atoms with Gasteiger partial charge in [-0.3, -0.25) is 0 Å². The Balaban J connectivity index is 1.09. The molecule has 4 aromatic rings. The molecule has 0 radical (unpaired) electrons. The van der Waals surface area contributed by atoms with E-state index in [9.17, 15) is 18.0 Å². The minimum absolute atomic E-state index is 0.299. The van der Waals surface area contributed by atoms with E-state index in [-0.39, 0.29) is 11.8 Å². The molecule has 12 heteroatoms. The van der Waals surface area contributed by atoms with Gasteiger partial charge in [0.25, 0.3) is 0 Å². The third-order valence-corrected chi connectivity index (χ3v) is 8.55. The van der Waals surface area contributed by atoms with Gasteiger partial charge >= 0.3 is 12.4 Å². The number of nitrogens with zero attached hydrogens (tertiary/aromatic N) is 5. The summed E-state index contributed by atoms with van der Waals surface area (Å²) in [5.41, 5.74) is 6.12. The Morgan fingerprint density at radius 3 is 2.54 bits per heavy atom. The van der Waals surface area contributed by atoms with E-state index < -0.39 is 6.36 Å².